The molecule has 0 aliphatic rings. The largest absolute Gasteiger partial charge is 0.461 e. The Balaban J connectivity index is 1.53. The molecule has 0 radical (unpaired) electrons. The summed E-state index contributed by atoms with van der Waals surface area (Å²) in [6, 6.07) is 14.1. The standard InChI is InChI=1S/C20H18FNO3/c1-14-6-2-3-7-15(14)13-24-20(23)11-10-19-22-12-18(25-19)16-8-4-5-9-17(16)21/h2-9,12H,10-11,13H2,1H3. The van der Waals surface area contributed by atoms with Crippen LogP contribution in [0.15, 0.2) is 59.1 Å². The van der Waals surface area contributed by atoms with Gasteiger partial charge < -0.3 is 9.15 Å². The van der Waals surface area contributed by atoms with Crippen molar-refractivity contribution in [1.82, 2.24) is 4.98 Å². The Morgan fingerprint density at radius 2 is 1.92 bits per heavy atom. The van der Waals surface area contributed by atoms with Gasteiger partial charge in [0.2, 0.25) is 0 Å². The van der Waals surface area contributed by atoms with Crippen LogP contribution in [-0.2, 0) is 22.6 Å². The summed E-state index contributed by atoms with van der Waals surface area (Å²) in [6.45, 7) is 2.22. The van der Waals surface area contributed by atoms with Crippen LogP contribution < -0.4 is 0 Å². The Morgan fingerprint density at radius 3 is 2.72 bits per heavy atom. The van der Waals surface area contributed by atoms with Gasteiger partial charge in [-0.05, 0) is 30.2 Å². The second kappa shape index (κ2) is 7.75. The third kappa shape index (κ3) is 4.32. The minimum absolute atomic E-state index is 0.156. The number of halogens is 1. The molecule has 3 rings (SSSR count). The normalized spacial score (nSPS) is 10.6. The lowest BCUT2D eigenvalue weighted by atomic mass is 10.1. The quantitative estimate of drug-likeness (QED) is 0.622. The van der Waals surface area contributed by atoms with E-state index >= 15 is 0 Å². The molecule has 0 spiro atoms. The number of hydrogen-bond donors (Lipinski definition) is 0. The van der Waals surface area contributed by atoms with Crippen LogP contribution in [0.1, 0.15) is 23.4 Å². The van der Waals surface area contributed by atoms with E-state index in [0.29, 0.717) is 23.6 Å². The van der Waals surface area contributed by atoms with E-state index in [1.54, 1.807) is 18.2 Å². The van der Waals surface area contributed by atoms with Crippen LogP contribution in [0.5, 0.6) is 0 Å². The van der Waals surface area contributed by atoms with E-state index < -0.39 is 0 Å². The van der Waals surface area contributed by atoms with Crippen molar-refractivity contribution in [2.24, 2.45) is 0 Å². The first-order valence-corrected chi connectivity index (χ1v) is 8.03. The third-order valence-corrected chi connectivity index (χ3v) is 3.89. The van der Waals surface area contributed by atoms with Gasteiger partial charge in [0, 0.05) is 6.42 Å². The number of nitrogens with zero attached hydrogens (tertiary/aromatic N) is 1. The van der Waals surface area contributed by atoms with E-state index in [1.165, 1.54) is 12.3 Å². The molecule has 5 heteroatoms. The van der Waals surface area contributed by atoms with E-state index in [9.17, 15) is 9.18 Å². The van der Waals surface area contributed by atoms with Gasteiger partial charge in [0.05, 0.1) is 18.2 Å². The summed E-state index contributed by atoms with van der Waals surface area (Å²) in [4.78, 5) is 16.0. The van der Waals surface area contributed by atoms with Crippen LogP contribution in [-0.4, -0.2) is 11.0 Å². The van der Waals surface area contributed by atoms with Crippen molar-refractivity contribution in [1.29, 1.82) is 0 Å². The van der Waals surface area contributed by atoms with Crippen LogP contribution in [0.25, 0.3) is 11.3 Å². The molecule has 128 valence electrons. The zero-order valence-electron chi connectivity index (χ0n) is 13.9. The summed E-state index contributed by atoms with van der Waals surface area (Å²) >= 11 is 0. The predicted molar refractivity (Wildman–Crippen MR) is 91.2 cm³/mol. The van der Waals surface area contributed by atoms with Crippen molar-refractivity contribution in [3.8, 4) is 11.3 Å². The molecule has 0 bridgehead atoms. The Morgan fingerprint density at radius 1 is 1.16 bits per heavy atom. The number of hydrogen-bond acceptors (Lipinski definition) is 4. The van der Waals surface area contributed by atoms with Gasteiger partial charge in [-0.2, -0.15) is 0 Å². The Kier molecular flexibility index (Phi) is 5.23. The van der Waals surface area contributed by atoms with Crippen molar-refractivity contribution in [3.63, 3.8) is 0 Å². The molecule has 1 heterocycles. The number of rotatable bonds is 6. The zero-order valence-corrected chi connectivity index (χ0v) is 13.9. The first-order valence-electron chi connectivity index (χ1n) is 8.03. The van der Waals surface area contributed by atoms with E-state index in [1.807, 2.05) is 31.2 Å². The molecule has 0 saturated heterocycles. The van der Waals surface area contributed by atoms with Gasteiger partial charge >= 0.3 is 5.97 Å². The second-order valence-electron chi connectivity index (χ2n) is 5.69. The number of esters is 1. The highest BCUT2D eigenvalue weighted by Crippen LogP contribution is 2.23. The molecule has 0 saturated carbocycles. The fourth-order valence-electron chi connectivity index (χ4n) is 2.42. The number of carbonyl (C=O) groups excluding carboxylic acids is 1. The fraction of sp³-hybridized carbons (Fsp3) is 0.200. The van der Waals surface area contributed by atoms with Gasteiger partial charge in [-0.3, -0.25) is 4.79 Å². The van der Waals surface area contributed by atoms with Crippen LogP contribution in [0.2, 0.25) is 0 Å². The van der Waals surface area contributed by atoms with E-state index in [0.717, 1.165) is 11.1 Å². The third-order valence-electron chi connectivity index (χ3n) is 3.89. The molecule has 0 atom stereocenters. The van der Waals surface area contributed by atoms with Crippen LogP contribution in [0, 0.1) is 12.7 Å². The summed E-state index contributed by atoms with van der Waals surface area (Å²) in [5, 5.41) is 0. The smallest absolute Gasteiger partial charge is 0.306 e. The van der Waals surface area contributed by atoms with Crippen LogP contribution >= 0.6 is 0 Å². The van der Waals surface area contributed by atoms with Crippen molar-refractivity contribution in [3.05, 3.63) is 77.6 Å². The maximum absolute atomic E-state index is 13.7. The average molecular weight is 339 g/mol. The summed E-state index contributed by atoms with van der Waals surface area (Å²) < 4.78 is 24.5. The first kappa shape index (κ1) is 16.9. The van der Waals surface area contributed by atoms with Gasteiger partial charge in [0.25, 0.3) is 0 Å². The van der Waals surface area contributed by atoms with E-state index in [2.05, 4.69) is 4.98 Å². The van der Waals surface area contributed by atoms with Gasteiger partial charge in [-0.25, -0.2) is 9.37 Å². The minimum Gasteiger partial charge on any atom is -0.461 e. The Labute approximate surface area is 145 Å². The molecule has 0 fully saturated rings. The molecule has 2 aromatic carbocycles. The van der Waals surface area contributed by atoms with Crippen LogP contribution in [0.3, 0.4) is 0 Å². The van der Waals surface area contributed by atoms with Gasteiger partial charge in [0.1, 0.15) is 12.4 Å². The number of oxazole rings is 1. The molecule has 0 aliphatic heterocycles. The molecule has 0 amide bonds. The van der Waals surface area contributed by atoms with Gasteiger partial charge in [0.15, 0.2) is 11.7 Å². The Hall–Kier alpha value is -2.95. The molecular weight excluding hydrogens is 321 g/mol. The molecule has 25 heavy (non-hydrogen) atoms. The van der Waals surface area contributed by atoms with Crippen LogP contribution in [0.4, 0.5) is 4.39 Å². The van der Waals surface area contributed by atoms with Crippen molar-refractivity contribution < 1.29 is 18.3 Å². The first-order chi connectivity index (χ1) is 12.1. The maximum Gasteiger partial charge on any atom is 0.306 e. The summed E-state index contributed by atoms with van der Waals surface area (Å²) in [5.74, 6) is 0.0317. The number of ether oxygens (including phenoxy) is 1. The highest BCUT2D eigenvalue weighted by Gasteiger charge is 2.12. The summed E-state index contributed by atoms with van der Waals surface area (Å²) in [7, 11) is 0. The molecule has 4 nitrogen and oxygen atoms in total. The molecule has 0 N–H and O–H groups in total. The maximum atomic E-state index is 13.7. The molecule has 1 aromatic heterocycles. The van der Waals surface area contributed by atoms with E-state index in [4.69, 9.17) is 9.15 Å². The van der Waals surface area contributed by atoms with Crippen molar-refractivity contribution >= 4 is 5.97 Å². The van der Waals surface area contributed by atoms with Crippen molar-refractivity contribution in [2.45, 2.75) is 26.4 Å². The Bertz CT molecular complexity index is 873. The minimum atomic E-state index is -0.372. The van der Waals surface area contributed by atoms with Gasteiger partial charge in [-0.15, -0.1) is 0 Å². The highest BCUT2D eigenvalue weighted by atomic mass is 19.1. The second-order valence-corrected chi connectivity index (χ2v) is 5.69. The molecule has 0 unspecified atom stereocenters. The topological polar surface area (TPSA) is 52.3 Å². The lowest BCUT2D eigenvalue weighted by molar-refractivity contribution is -0.145. The average Bonchev–Trinajstić information content (AvgIpc) is 3.08. The number of carbonyl (C=O) groups is 1. The van der Waals surface area contributed by atoms with E-state index in [-0.39, 0.29) is 24.8 Å². The lowest BCUT2D eigenvalue weighted by Gasteiger charge is -2.06. The number of aromatic nitrogens is 1. The fourth-order valence-corrected chi connectivity index (χ4v) is 2.42. The monoisotopic (exact) mass is 339 g/mol. The predicted octanol–water partition coefficient (Wildman–Crippen LogP) is 4.47. The zero-order chi connectivity index (χ0) is 17.6. The SMILES string of the molecule is Cc1ccccc1COC(=O)CCc1ncc(-c2ccccc2F)o1. The summed E-state index contributed by atoms with van der Waals surface area (Å²) in [5.41, 5.74) is 2.41. The highest BCUT2D eigenvalue weighted by molar-refractivity contribution is 5.69. The van der Waals surface area contributed by atoms with Gasteiger partial charge in [-0.1, -0.05) is 36.4 Å². The lowest BCUT2D eigenvalue weighted by Crippen LogP contribution is -2.06. The molecule has 0 aliphatic carbocycles. The molecular formula is C20H18FNO3. The van der Waals surface area contributed by atoms with Crippen molar-refractivity contribution in [2.75, 3.05) is 0 Å². The molecule has 3 aromatic rings. The number of benzene rings is 2. The number of aryl methyl sites for hydroxylation is 2. The summed E-state index contributed by atoms with van der Waals surface area (Å²) in [6.07, 6.45) is 1.93.